The van der Waals surface area contributed by atoms with E-state index >= 15 is 2.86 Å². The third-order valence-corrected chi connectivity index (χ3v) is 14.2. The van der Waals surface area contributed by atoms with E-state index in [1.54, 1.807) is 6.92 Å². The fourth-order valence-electron chi connectivity index (χ4n) is 2.34. The Hall–Kier alpha value is -1.13. The standard InChI is InChI=1S/C18H21F3IO3S/c1-13-5-9-15(10-6-13)22(21,18(19,20)26(23,24)25)16-11-7-14(8-12-16)17(2,3)4/h5-12H,1-4H3,(H,23,24,25)/q-1. The Morgan fingerprint density at radius 2 is 1.27 bits per heavy atom. The van der Waals surface area contributed by atoms with Gasteiger partial charge >= 0.3 is 157 Å². The monoisotopic (exact) mass is 501 g/mol. The second-order valence-corrected chi connectivity index (χ2v) is 15.9. The molecule has 0 aromatic heterocycles. The van der Waals surface area contributed by atoms with Crippen LogP contribution in [-0.2, 0) is 15.5 Å². The predicted molar refractivity (Wildman–Crippen MR) is 91.3 cm³/mol. The van der Waals surface area contributed by atoms with Gasteiger partial charge in [0.25, 0.3) is 0 Å². The van der Waals surface area contributed by atoms with Crippen molar-refractivity contribution in [1.29, 1.82) is 0 Å². The van der Waals surface area contributed by atoms with Crippen LogP contribution in [0.15, 0.2) is 48.5 Å². The Morgan fingerprint density at radius 3 is 1.62 bits per heavy atom. The summed E-state index contributed by atoms with van der Waals surface area (Å²) in [5, 5.41) is 0. The number of halogens is 4. The predicted octanol–water partition coefficient (Wildman–Crippen LogP) is 1.81. The van der Waals surface area contributed by atoms with Gasteiger partial charge in [0.1, 0.15) is 0 Å². The van der Waals surface area contributed by atoms with Crippen LogP contribution >= 0.6 is 0 Å². The third kappa shape index (κ3) is 3.63. The summed E-state index contributed by atoms with van der Waals surface area (Å²) in [6.07, 6.45) is 0. The van der Waals surface area contributed by atoms with Crippen molar-refractivity contribution >= 4 is 10.1 Å². The van der Waals surface area contributed by atoms with Gasteiger partial charge in [0.05, 0.1) is 0 Å². The van der Waals surface area contributed by atoms with Crippen LogP contribution in [-0.4, -0.2) is 16.2 Å². The molecule has 8 heteroatoms. The van der Waals surface area contributed by atoms with Crippen molar-refractivity contribution in [3.05, 3.63) is 66.8 Å². The Bertz CT molecular complexity index is 889. The minimum absolute atomic E-state index is 0.279. The molecule has 2 aromatic rings. The number of hydrogen-bond acceptors (Lipinski definition) is 2. The van der Waals surface area contributed by atoms with Crippen LogP contribution < -0.4 is 19.0 Å². The van der Waals surface area contributed by atoms with Crippen molar-refractivity contribution in [2.75, 3.05) is 0 Å². The van der Waals surface area contributed by atoms with E-state index < -0.39 is 32.4 Å². The molecular formula is C18H21F3IO3S-. The molecule has 1 N–H and O–H groups in total. The van der Waals surface area contributed by atoms with Crippen molar-refractivity contribution in [2.45, 2.75) is 36.4 Å². The van der Waals surface area contributed by atoms with E-state index in [1.165, 1.54) is 48.5 Å². The molecule has 146 valence electrons. The summed E-state index contributed by atoms with van der Waals surface area (Å²) >= 11 is -6.20. The third-order valence-electron chi connectivity index (χ3n) is 3.92. The molecule has 0 heterocycles. The number of rotatable bonds is 4. The molecule has 0 fully saturated rings. The summed E-state index contributed by atoms with van der Waals surface area (Å²) in [4.78, 5) is 0. The molecule has 0 aliphatic heterocycles. The molecule has 0 aliphatic carbocycles. The van der Waals surface area contributed by atoms with E-state index in [2.05, 4.69) is 0 Å². The average Bonchev–Trinajstić information content (AvgIpc) is 2.53. The summed E-state index contributed by atoms with van der Waals surface area (Å²) in [7, 11) is -5.93. The van der Waals surface area contributed by atoms with Gasteiger partial charge in [-0.2, -0.15) is 0 Å². The van der Waals surface area contributed by atoms with Crippen molar-refractivity contribution in [1.82, 2.24) is 0 Å². The van der Waals surface area contributed by atoms with E-state index in [0.29, 0.717) is 0 Å². The second-order valence-electron chi connectivity index (χ2n) is 6.97. The zero-order valence-corrected chi connectivity index (χ0v) is 17.8. The molecule has 3 nitrogen and oxygen atoms in total. The van der Waals surface area contributed by atoms with Crippen LogP contribution in [0.25, 0.3) is 0 Å². The number of aryl methyl sites for hydroxylation is 1. The number of hydrogen-bond donors (Lipinski definition) is 1. The van der Waals surface area contributed by atoms with Gasteiger partial charge in [-0.3, -0.25) is 0 Å². The summed E-state index contributed by atoms with van der Waals surface area (Å²) in [5.74, 6) is 0. The van der Waals surface area contributed by atoms with E-state index in [1.807, 2.05) is 20.8 Å². The molecule has 26 heavy (non-hydrogen) atoms. The minimum atomic E-state index is -6.20. The van der Waals surface area contributed by atoms with Gasteiger partial charge in [-0.15, -0.1) is 0 Å². The van der Waals surface area contributed by atoms with Gasteiger partial charge in [-0.25, -0.2) is 0 Å². The Kier molecular flexibility index (Phi) is 5.53. The summed E-state index contributed by atoms with van der Waals surface area (Å²) < 4.78 is 71.4. The molecule has 0 spiro atoms. The molecule has 1 atom stereocenters. The fourth-order valence-corrected chi connectivity index (χ4v) is 11.0. The van der Waals surface area contributed by atoms with Crippen LogP contribution in [0, 0.1) is 14.1 Å². The maximum atomic E-state index is 16.0. The normalized spacial score (nSPS) is 16.8. The zero-order valence-electron chi connectivity index (χ0n) is 14.8. The number of alkyl halides is 3. The van der Waals surface area contributed by atoms with Gasteiger partial charge < -0.3 is 0 Å². The second kappa shape index (κ2) is 6.79. The van der Waals surface area contributed by atoms with Crippen LogP contribution in [0.4, 0.5) is 11.6 Å². The van der Waals surface area contributed by atoms with Crippen LogP contribution in [0.3, 0.4) is 0 Å². The Labute approximate surface area is 156 Å². The number of benzene rings is 2. The molecule has 0 radical (unpaired) electrons. The molecule has 2 rings (SSSR count). The quantitative estimate of drug-likeness (QED) is 0.395. The van der Waals surface area contributed by atoms with Crippen molar-refractivity contribution in [3.63, 3.8) is 0 Å². The molecule has 0 aliphatic rings. The van der Waals surface area contributed by atoms with Crippen molar-refractivity contribution in [3.8, 4) is 0 Å². The van der Waals surface area contributed by atoms with Gasteiger partial charge in [0.2, 0.25) is 0 Å². The molecule has 0 bridgehead atoms. The van der Waals surface area contributed by atoms with Gasteiger partial charge in [-0.05, 0) is 0 Å². The summed E-state index contributed by atoms with van der Waals surface area (Å²) in [5.41, 5.74) is 1.23. The average molecular weight is 501 g/mol. The Balaban J connectivity index is 2.75. The topological polar surface area (TPSA) is 54.4 Å². The molecular weight excluding hydrogens is 480 g/mol. The first-order valence-electron chi connectivity index (χ1n) is 7.70. The van der Waals surface area contributed by atoms with Crippen LogP contribution in [0.2, 0.25) is 0 Å². The molecule has 0 saturated heterocycles. The van der Waals surface area contributed by atoms with Crippen LogP contribution in [0.5, 0.6) is 0 Å². The summed E-state index contributed by atoms with van der Waals surface area (Å²) in [6, 6.07) is 10.7. The van der Waals surface area contributed by atoms with Gasteiger partial charge in [0, 0.05) is 0 Å². The van der Waals surface area contributed by atoms with Crippen LogP contribution in [0.1, 0.15) is 31.9 Å². The zero-order chi connectivity index (χ0) is 20.0. The van der Waals surface area contributed by atoms with E-state index in [-0.39, 0.29) is 12.6 Å². The molecule has 0 saturated carbocycles. The van der Waals surface area contributed by atoms with Gasteiger partial charge in [-0.1, -0.05) is 0 Å². The first-order chi connectivity index (χ1) is 11.7. The SMILES string of the molecule is Cc1ccc([I-](F)(c2ccc(C(C)(C)C)cc2)C(F)(F)S(=O)(=O)O)cc1. The summed E-state index contributed by atoms with van der Waals surface area (Å²) in [6.45, 7) is 7.45. The van der Waals surface area contributed by atoms with Crippen molar-refractivity contribution < 1.29 is 43.6 Å². The Morgan fingerprint density at radius 1 is 0.885 bits per heavy atom. The molecule has 0 amide bonds. The first kappa shape index (κ1) is 21.2. The van der Waals surface area contributed by atoms with E-state index in [0.717, 1.165) is 11.1 Å². The fraction of sp³-hybridized carbons (Fsp3) is 0.333. The van der Waals surface area contributed by atoms with Crippen molar-refractivity contribution in [2.24, 2.45) is 0 Å². The van der Waals surface area contributed by atoms with E-state index in [4.69, 9.17) is 4.55 Å². The maximum absolute atomic E-state index is 16.0. The molecule has 2 aromatic carbocycles. The van der Waals surface area contributed by atoms with Gasteiger partial charge in [0.15, 0.2) is 0 Å². The molecule has 1 unspecified atom stereocenters. The van der Waals surface area contributed by atoms with E-state index in [9.17, 15) is 17.2 Å². The first-order valence-corrected chi connectivity index (χ1v) is 13.2.